The van der Waals surface area contributed by atoms with E-state index in [9.17, 15) is 4.79 Å². The molecule has 1 amide bonds. The van der Waals surface area contributed by atoms with Crippen LogP contribution in [0.4, 0.5) is 0 Å². The number of aliphatic hydroxyl groups excluding tert-OH is 1. The van der Waals surface area contributed by atoms with Crippen molar-refractivity contribution in [3.63, 3.8) is 0 Å². The molecule has 0 fully saturated rings. The molecule has 1 rings (SSSR count). The summed E-state index contributed by atoms with van der Waals surface area (Å²) < 4.78 is 1.00. The number of hydrogen-bond donors (Lipinski definition) is 2. The number of carbonyl (C=O) groups excluding carboxylic acids is 1. The van der Waals surface area contributed by atoms with Crippen LogP contribution in [0.5, 0.6) is 0 Å². The highest BCUT2D eigenvalue weighted by atomic mass is 79.9. The second kappa shape index (κ2) is 6.45. The molecule has 16 heavy (non-hydrogen) atoms. The summed E-state index contributed by atoms with van der Waals surface area (Å²) in [5.74, 6) is -0.204. The van der Waals surface area contributed by atoms with E-state index in [0.29, 0.717) is 0 Å². The van der Waals surface area contributed by atoms with E-state index >= 15 is 0 Å². The van der Waals surface area contributed by atoms with E-state index in [-0.39, 0.29) is 18.6 Å². The first kappa shape index (κ1) is 12.9. The molecule has 1 atom stereocenters. The molecule has 1 aromatic carbocycles. The number of nitrogens with one attached hydrogen (secondary N) is 1. The van der Waals surface area contributed by atoms with E-state index in [4.69, 9.17) is 5.11 Å². The smallest absolute Gasteiger partial charge is 0.244 e. The Morgan fingerprint density at radius 2 is 2.12 bits per heavy atom. The van der Waals surface area contributed by atoms with Crippen LogP contribution in [0, 0.1) is 0 Å². The maximum atomic E-state index is 11.3. The van der Waals surface area contributed by atoms with Gasteiger partial charge in [0.2, 0.25) is 5.91 Å². The van der Waals surface area contributed by atoms with Crippen LogP contribution in [0.25, 0.3) is 6.08 Å². The Balaban J connectivity index is 2.53. The number of aliphatic hydroxyl groups is 1. The number of carbonyl (C=O) groups is 1. The topological polar surface area (TPSA) is 49.3 Å². The molecule has 0 aliphatic rings. The number of benzene rings is 1. The lowest BCUT2D eigenvalue weighted by Gasteiger charge is -2.07. The standard InChI is InChI=1S/C12H14BrNO2/c1-9(8-15)14-12(16)7-4-10-2-5-11(13)6-3-10/h2-7,9,15H,8H2,1H3,(H,14,16)/b7-4+. The largest absolute Gasteiger partial charge is 0.394 e. The van der Waals surface area contributed by atoms with E-state index in [1.807, 2.05) is 24.3 Å². The summed E-state index contributed by atoms with van der Waals surface area (Å²) in [5.41, 5.74) is 0.954. The first-order valence-corrected chi connectivity index (χ1v) is 5.76. The fraction of sp³-hybridized carbons (Fsp3) is 0.250. The molecule has 0 saturated carbocycles. The van der Waals surface area contributed by atoms with Gasteiger partial charge in [-0.05, 0) is 30.7 Å². The third-order valence-corrected chi connectivity index (χ3v) is 2.49. The molecule has 4 heteroatoms. The molecule has 0 radical (unpaired) electrons. The molecule has 0 aliphatic carbocycles. The Hall–Kier alpha value is -1.13. The summed E-state index contributed by atoms with van der Waals surface area (Å²) in [4.78, 5) is 11.3. The van der Waals surface area contributed by atoms with Gasteiger partial charge in [0, 0.05) is 16.6 Å². The molecular weight excluding hydrogens is 270 g/mol. The van der Waals surface area contributed by atoms with Crippen molar-refractivity contribution >= 4 is 27.9 Å². The molecule has 3 nitrogen and oxygen atoms in total. The third kappa shape index (κ3) is 4.59. The minimum Gasteiger partial charge on any atom is -0.394 e. The van der Waals surface area contributed by atoms with Gasteiger partial charge < -0.3 is 10.4 Å². The van der Waals surface area contributed by atoms with Gasteiger partial charge in [-0.1, -0.05) is 28.1 Å². The van der Waals surface area contributed by atoms with Crippen LogP contribution < -0.4 is 5.32 Å². The zero-order valence-electron chi connectivity index (χ0n) is 8.98. The summed E-state index contributed by atoms with van der Waals surface area (Å²) in [6, 6.07) is 7.41. The van der Waals surface area contributed by atoms with Gasteiger partial charge in [-0.15, -0.1) is 0 Å². The highest BCUT2D eigenvalue weighted by molar-refractivity contribution is 9.10. The van der Waals surface area contributed by atoms with E-state index in [1.165, 1.54) is 6.08 Å². The summed E-state index contributed by atoms with van der Waals surface area (Å²) in [6.07, 6.45) is 3.18. The fourth-order valence-electron chi connectivity index (χ4n) is 1.08. The van der Waals surface area contributed by atoms with Crippen molar-refractivity contribution in [2.24, 2.45) is 0 Å². The highest BCUT2D eigenvalue weighted by Crippen LogP contribution is 2.11. The lowest BCUT2D eigenvalue weighted by atomic mass is 10.2. The molecule has 0 spiro atoms. The monoisotopic (exact) mass is 283 g/mol. The highest BCUT2D eigenvalue weighted by Gasteiger charge is 2.01. The van der Waals surface area contributed by atoms with Crippen molar-refractivity contribution in [2.75, 3.05) is 6.61 Å². The predicted molar refractivity (Wildman–Crippen MR) is 67.9 cm³/mol. The Labute approximate surface area is 103 Å². The fourth-order valence-corrected chi connectivity index (χ4v) is 1.35. The second-order valence-electron chi connectivity index (χ2n) is 3.48. The Kier molecular flexibility index (Phi) is 5.22. The minimum atomic E-state index is -0.220. The van der Waals surface area contributed by atoms with Gasteiger partial charge in [0.05, 0.1) is 6.61 Å². The Morgan fingerprint density at radius 3 is 2.69 bits per heavy atom. The zero-order valence-corrected chi connectivity index (χ0v) is 10.6. The number of hydrogen-bond acceptors (Lipinski definition) is 2. The SMILES string of the molecule is CC(CO)NC(=O)/C=C/c1ccc(Br)cc1. The normalized spacial score (nSPS) is 12.7. The Bertz CT molecular complexity index is 373. The zero-order chi connectivity index (χ0) is 12.0. The molecule has 1 aromatic rings. The minimum absolute atomic E-state index is 0.0577. The first-order chi connectivity index (χ1) is 7.61. The summed E-state index contributed by atoms with van der Waals surface area (Å²) >= 11 is 3.34. The van der Waals surface area contributed by atoms with Crippen LogP contribution in [0.3, 0.4) is 0 Å². The van der Waals surface area contributed by atoms with E-state index in [0.717, 1.165) is 10.0 Å². The van der Waals surface area contributed by atoms with Gasteiger partial charge in [0.1, 0.15) is 0 Å². The first-order valence-electron chi connectivity index (χ1n) is 4.97. The van der Waals surface area contributed by atoms with Crippen LogP contribution in [0.1, 0.15) is 12.5 Å². The van der Waals surface area contributed by atoms with Crippen LogP contribution in [0.15, 0.2) is 34.8 Å². The molecule has 86 valence electrons. The van der Waals surface area contributed by atoms with Gasteiger partial charge in [-0.2, -0.15) is 0 Å². The summed E-state index contributed by atoms with van der Waals surface area (Å²) in [5, 5.41) is 11.4. The predicted octanol–water partition coefficient (Wildman–Crippen LogP) is 1.96. The maximum Gasteiger partial charge on any atom is 0.244 e. The van der Waals surface area contributed by atoms with Crippen molar-refractivity contribution in [3.05, 3.63) is 40.4 Å². The average Bonchev–Trinajstić information content (AvgIpc) is 2.28. The second-order valence-corrected chi connectivity index (χ2v) is 4.39. The van der Waals surface area contributed by atoms with Crippen LogP contribution in [-0.2, 0) is 4.79 Å². The van der Waals surface area contributed by atoms with Gasteiger partial charge in [-0.25, -0.2) is 0 Å². The van der Waals surface area contributed by atoms with Crippen molar-refractivity contribution < 1.29 is 9.90 Å². The molecule has 0 bridgehead atoms. The number of rotatable bonds is 4. The third-order valence-electron chi connectivity index (χ3n) is 1.96. The van der Waals surface area contributed by atoms with Crippen molar-refractivity contribution in [1.29, 1.82) is 0 Å². The number of halogens is 1. The Morgan fingerprint density at radius 1 is 1.50 bits per heavy atom. The lowest BCUT2D eigenvalue weighted by Crippen LogP contribution is -2.33. The van der Waals surface area contributed by atoms with Gasteiger partial charge >= 0.3 is 0 Å². The molecule has 0 heterocycles. The van der Waals surface area contributed by atoms with Crippen LogP contribution in [-0.4, -0.2) is 23.7 Å². The molecule has 0 aliphatic heterocycles. The van der Waals surface area contributed by atoms with Crippen molar-refractivity contribution in [2.45, 2.75) is 13.0 Å². The lowest BCUT2D eigenvalue weighted by molar-refractivity contribution is -0.117. The van der Waals surface area contributed by atoms with Gasteiger partial charge in [-0.3, -0.25) is 4.79 Å². The molecular formula is C12H14BrNO2. The average molecular weight is 284 g/mol. The van der Waals surface area contributed by atoms with Gasteiger partial charge in [0.25, 0.3) is 0 Å². The van der Waals surface area contributed by atoms with Gasteiger partial charge in [0.15, 0.2) is 0 Å². The van der Waals surface area contributed by atoms with Crippen LogP contribution in [0.2, 0.25) is 0 Å². The van der Waals surface area contributed by atoms with Crippen molar-refractivity contribution in [1.82, 2.24) is 5.32 Å². The summed E-state index contributed by atoms with van der Waals surface area (Å²) in [6.45, 7) is 1.68. The van der Waals surface area contributed by atoms with Crippen LogP contribution >= 0.6 is 15.9 Å². The van der Waals surface area contributed by atoms with E-state index in [1.54, 1.807) is 13.0 Å². The summed E-state index contributed by atoms with van der Waals surface area (Å²) in [7, 11) is 0. The quantitative estimate of drug-likeness (QED) is 0.830. The molecule has 2 N–H and O–H groups in total. The van der Waals surface area contributed by atoms with Crippen molar-refractivity contribution in [3.8, 4) is 0 Å². The van der Waals surface area contributed by atoms with E-state index < -0.39 is 0 Å². The molecule has 0 saturated heterocycles. The molecule has 0 aromatic heterocycles. The number of amides is 1. The maximum absolute atomic E-state index is 11.3. The van der Waals surface area contributed by atoms with E-state index in [2.05, 4.69) is 21.2 Å². The molecule has 1 unspecified atom stereocenters.